The maximum absolute atomic E-state index is 13.5. The van der Waals surface area contributed by atoms with Gasteiger partial charge in [-0.05, 0) is 43.5 Å². The van der Waals surface area contributed by atoms with Crippen LogP contribution in [0.15, 0.2) is 53.3 Å². The molecule has 3 aromatic rings. The van der Waals surface area contributed by atoms with E-state index in [1.54, 1.807) is 4.57 Å². The van der Waals surface area contributed by atoms with E-state index < -0.39 is 0 Å². The number of aromatic nitrogens is 2. The molecule has 1 aliphatic carbocycles. The van der Waals surface area contributed by atoms with Gasteiger partial charge >= 0.3 is 5.97 Å². The minimum Gasteiger partial charge on any atom is -0.469 e. The number of carbonyl (C=O) groups is 1. The van der Waals surface area contributed by atoms with Crippen molar-refractivity contribution < 1.29 is 9.53 Å². The maximum atomic E-state index is 13.5. The van der Waals surface area contributed by atoms with E-state index in [0.717, 1.165) is 24.4 Å². The van der Waals surface area contributed by atoms with Gasteiger partial charge in [-0.1, -0.05) is 36.1 Å². The molecule has 1 fully saturated rings. The van der Waals surface area contributed by atoms with Crippen molar-refractivity contribution in [2.45, 2.75) is 38.0 Å². The Bertz CT molecular complexity index is 1170. The zero-order valence-electron chi connectivity index (χ0n) is 16.4. The van der Waals surface area contributed by atoms with Gasteiger partial charge in [0.2, 0.25) is 0 Å². The van der Waals surface area contributed by atoms with Crippen LogP contribution in [-0.2, 0) is 9.53 Å². The predicted molar refractivity (Wildman–Crippen MR) is 112 cm³/mol. The summed E-state index contributed by atoms with van der Waals surface area (Å²) in [5.74, 6) is 7.11. The Morgan fingerprint density at radius 2 is 1.97 bits per heavy atom. The molecule has 0 saturated heterocycles. The normalized spacial score (nSPS) is 13.0. The van der Waals surface area contributed by atoms with Crippen LogP contribution < -0.4 is 5.56 Å². The first kappa shape index (κ1) is 18.9. The van der Waals surface area contributed by atoms with Gasteiger partial charge in [0.1, 0.15) is 5.82 Å². The zero-order chi connectivity index (χ0) is 20.2. The largest absolute Gasteiger partial charge is 0.469 e. The zero-order valence-corrected chi connectivity index (χ0v) is 16.4. The molecule has 0 amide bonds. The minimum absolute atomic E-state index is 0.0810. The molecule has 4 rings (SSSR count). The van der Waals surface area contributed by atoms with Crippen LogP contribution in [-0.4, -0.2) is 22.6 Å². The second-order valence-electron chi connectivity index (χ2n) is 7.15. The molecule has 0 N–H and O–H groups in total. The second kappa shape index (κ2) is 8.32. The summed E-state index contributed by atoms with van der Waals surface area (Å²) in [4.78, 5) is 29.6. The summed E-state index contributed by atoms with van der Waals surface area (Å²) in [5, 5.41) is 0.543. The number of unbranched alkanes of at least 4 members (excludes halogenated alkanes) is 1. The van der Waals surface area contributed by atoms with Gasteiger partial charge in [-0.2, -0.15) is 0 Å². The molecule has 1 saturated carbocycles. The Balaban J connectivity index is 1.76. The quantitative estimate of drug-likeness (QED) is 0.378. The van der Waals surface area contributed by atoms with Gasteiger partial charge in [-0.15, -0.1) is 0 Å². The van der Waals surface area contributed by atoms with Crippen molar-refractivity contribution in [1.82, 2.24) is 9.55 Å². The number of rotatable bonds is 5. The summed E-state index contributed by atoms with van der Waals surface area (Å²) in [6, 6.07) is 15.3. The van der Waals surface area contributed by atoms with Crippen molar-refractivity contribution in [2.75, 3.05) is 7.11 Å². The minimum atomic E-state index is -0.237. The molecule has 0 radical (unpaired) electrons. The highest BCUT2D eigenvalue weighted by molar-refractivity contribution is 5.84. The van der Waals surface area contributed by atoms with E-state index in [1.807, 2.05) is 48.5 Å². The third kappa shape index (κ3) is 4.07. The highest BCUT2D eigenvalue weighted by atomic mass is 16.5. The van der Waals surface area contributed by atoms with Gasteiger partial charge in [-0.25, -0.2) is 4.98 Å². The monoisotopic (exact) mass is 386 g/mol. The van der Waals surface area contributed by atoms with Crippen molar-refractivity contribution in [3.05, 3.63) is 70.3 Å². The Morgan fingerprint density at radius 1 is 1.17 bits per heavy atom. The number of carbonyl (C=O) groups excluding carboxylic acids is 1. The number of para-hydroxylation sites is 1. The summed E-state index contributed by atoms with van der Waals surface area (Å²) >= 11 is 0. The van der Waals surface area contributed by atoms with Crippen molar-refractivity contribution >= 4 is 16.9 Å². The lowest BCUT2D eigenvalue weighted by Crippen LogP contribution is -2.24. The molecule has 5 heteroatoms. The van der Waals surface area contributed by atoms with E-state index in [-0.39, 0.29) is 11.5 Å². The molecule has 2 aromatic carbocycles. The number of esters is 1. The fraction of sp³-hybridized carbons (Fsp3) is 0.292. The third-order valence-corrected chi connectivity index (χ3v) is 5.01. The van der Waals surface area contributed by atoms with Crippen LogP contribution in [0.4, 0.5) is 0 Å². The van der Waals surface area contributed by atoms with E-state index in [9.17, 15) is 9.59 Å². The fourth-order valence-corrected chi connectivity index (χ4v) is 3.37. The van der Waals surface area contributed by atoms with Gasteiger partial charge in [-0.3, -0.25) is 14.2 Å². The summed E-state index contributed by atoms with van der Waals surface area (Å²) in [7, 11) is 1.38. The van der Waals surface area contributed by atoms with Gasteiger partial charge in [0.15, 0.2) is 0 Å². The van der Waals surface area contributed by atoms with Crippen molar-refractivity contribution in [2.24, 2.45) is 0 Å². The molecule has 0 atom stereocenters. The van der Waals surface area contributed by atoms with Crippen molar-refractivity contribution in [3.63, 3.8) is 0 Å². The SMILES string of the molecule is COC(=O)CCCC#Cc1cccc2nc(C3CC3)n(-c3ccccc3)c(=O)c12. The van der Waals surface area contributed by atoms with Crippen molar-refractivity contribution in [3.8, 4) is 17.5 Å². The molecule has 1 aromatic heterocycles. The first-order chi connectivity index (χ1) is 14.2. The first-order valence-electron chi connectivity index (χ1n) is 9.86. The van der Waals surface area contributed by atoms with E-state index in [2.05, 4.69) is 16.6 Å². The number of ether oxygens (including phenoxy) is 1. The van der Waals surface area contributed by atoms with Crippen LogP contribution in [0.2, 0.25) is 0 Å². The number of hydrogen-bond donors (Lipinski definition) is 0. The molecule has 0 spiro atoms. The van der Waals surface area contributed by atoms with Crippen LogP contribution in [0, 0.1) is 11.8 Å². The average Bonchev–Trinajstić information content (AvgIpc) is 3.59. The van der Waals surface area contributed by atoms with E-state index in [0.29, 0.717) is 41.6 Å². The van der Waals surface area contributed by atoms with Gasteiger partial charge < -0.3 is 4.74 Å². The maximum Gasteiger partial charge on any atom is 0.305 e. The summed E-state index contributed by atoms with van der Waals surface area (Å²) in [6.07, 6.45) is 3.65. The molecule has 146 valence electrons. The summed E-state index contributed by atoms with van der Waals surface area (Å²) in [6.45, 7) is 0. The number of fused-ring (bicyclic) bond motifs is 1. The van der Waals surface area contributed by atoms with E-state index in [1.165, 1.54) is 7.11 Å². The molecule has 29 heavy (non-hydrogen) atoms. The number of nitrogens with zero attached hydrogens (tertiary/aromatic N) is 2. The summed E-state index contributed by atoms with van der Waals surface area (Å²) < 4.78 is 6.38. The molecule has 0 unspecified atom stereocenters. The van der Waals surface area contributed by atoms with Gasteiger partial charge in [0.05, 0.1) is 23.7 Å². The summed E-state index contributed by atoms with van der Waals surface area (Å²) in [5.41, 5.74) is 2.10. The molecule has 5 nitrogen and oxygen atoms in total. The lowest BCUT2D eigenvalue weighted by molar-refractivity contribution is -0.140. The third-order valence-electron chi connectivity index (χ3n) is 5.01. The smallest absolute Gasteiger partial charge is 0.305 e. The average molecular weight is 386 g/mol. The topological polar surface area (TPSA) is 61.2 Å². The fourth-order valence-electron chi connectivity index (χ4n) is 3.37. The van der Waals surface area contributed by atoms with Crippen LogP contribution in [0.3, 0.4) is 0 Å². The number of hydrogen-bond acceptors (Lipinski definition) is 4. The molecular formula is C24H22N2O3. The molecule has 1 aliphatic rings. The Kier molecular flexibility index (Phi) is 5.44. The van der Waals surface area contributed by atoms with Gasteiger partial charge in [0.25, 0.3) is 5.56 Å². The lowest BCUT2D eigenvalue weighted by atomic mass is 10.1. The van der Waals surface area contributed by atoms with Crippen LogP contribution in [0.5, 0.6) is 0 Å². The Labute approximate surface area is 169 Å². The van der Waals surface area contributed by atoms with Crippen molar-refractivity contribution in [1.29, 1.82) is 0 Å². The number of benzene rings is 2. The Hall–Kier alpha value is -3.39. The molecular weight excluding hydrogens is 364 g/mol. The second-order valence-corrected chi connectivity index (χ2v) is 7.15. The van der Waals surface area contributed by atoms with Crippen LogP contribution >= 0.6 is 0 Å². The standard InChI is InChI=1S/C24H22N2O3/c1-29-21(27)14-7-2-4-9-17-10-8-13-20-22(17)24(28)26(19-11-5-3-6-12-19)23(25-20)18-15-16-18/h3,5-6,8,10-13,18H,2,7,14-16H2,1H3. The predicted octanol–water partition coefficient (Wildman–Crippen LogP) is 3.96. The Morgan fingerprint density at radius 3 is 2.69 bits per heavy atom. The molecule has 0 aliphatic heterocycles. The van der Waals surface area contributed by atoms with Crippen LogP contribution in [0.1, 0.15) is 49.4 Å². The van der Waals surface area contributed by atoms with E-state index in [4.69, 9.17) is 4.98 Å². The van der Waals surface area contributed by atoms with E-state index >= 15 is 0 Å². The highest BCUT2D eigenvalue weighted by Gasteiger charge is 2.30. The van der Waals surface area contributed by atoms with Gasteiger partial charge in [0, 0.05) is 24.3 Å². The first-order valence-corrected chi connectivity index (χ1v) is 9.86. The molecule has 0 bridgehead atoms. The van der Waals surface area contributed by atoms with Crippen LogP contribution in [0.25, 0.3) is 16.6 Å². The highest BCUT2D eigenvalue weighted by Crippen LogP contribution is 2.39. The molecule has 1 heterocycles. The lowest BCUT2D eigenvalue weighted by Gasteiger charge is -2.13. The number of methoxy groups -OCH3 is 1.